The Labute approximate surface area is 187 Å². The van der Waals surface area contributed by atoms with Crippen molar-refractivity contribution in [2.24, 2.45) is 5.41 Å². The molecule has 0 spiro atoms. The highest BCUT2D eigenvalue weighted by molar-refractivity contribution is 5.94. The van der Waals surface area contributed by atoms with Crippen molar-refractivity contribution < 1.29 is 17.6 Å². The van der Waals surface area contributed by atoms with Gasteiger partial charge >= 0.3 is 0 Å². The highest BCUT2D eigenvalue weighted by Gasteiger charge is 2.35. The molecule has 2 aromatic carbocycles. The lowest BCUT2D eigenvalue weighted by Gasteiger charge is -2.26. The second-order valence-electron chi connectivity index (χ2n) is 8.40. The van der Waals surface area contributed by atoms with Gasteiger partial charge in [0.05, 0.1) is 28.7 Å². The average molecular weight is 453 g/mol. The Hall–Kier alpha value is -3.67. The quantitative estimate of drug-likeness (QED) is 0.306. The highest BCUT2D eigenvalue weighted by Crippen LogP contribution is 2.44. The van der Waals surface area contributed by atoms with Gasteiger partial charge in [-0.25, -0.2) is 17.6 Å². The van der Waals surface area contributed by atoms with E-state index < -0.39 is 24.6 Å². The number of alkyl halides is 2. The molecular weight excluding hydrogens is 434 g/mol. The van der Waals surface area contributed by atoms with Gasteiger partial charge in [0.15, 0.2) is 5.82 Å². The molecule has 0 unspecified atom stereocenters. The molecular formula is C24H19F4N5. The Morgan fingerprint density at radius 3 is 2.61 bits per heavy atom. The van der Waals surface area contributed by atoms with Gasteiger partial charge in [0.2, 0.25) is 0 Å². The summed E-state index contributed by atoms with van der Waals surface area (Å²) in [6.45, 7) is 2.76. The first-order valence-electron chi connectivity index (χ1n) is 10.4. The molecule has 2 aromatic heterocycles. The van der Waals surface area contributed by atoms with Crippen molar-refractivity contribution in [2.45, 2.75) is 33.1 Å². The Bertz CT molecular complexity index is 1450. The van der Waals surface area contributed by atoms with Gasteiger partial charge in [-0.3, -0.25) is 4.40 Å². The van der Waals surface area contributed by atoms with E-state index in [0.29, 0.717) is 11.3 Å². The predicted molar refractivity (Wildman–Crippen MR) is 117 cm³/mol. The van der Waals surface area contributed by atoms with Crippen LogP contribution in [0, 0.1) is 35.8 Å². The van der Waals surface area contributed by atoms with Crippen LogP contribution in [0.4, 0.5) is 29.1 Å². The SMILES string of the molecule is Cc1nnc2nc(N(CC(F)F)c3cccc(C#CC4(C)CC4)c3F)c3c(F)cccc3n12. The smallest absolute Gasteiger partial charge is 0.257 e. The second kappa shape index (κ2) is 7.73. The summed E-state index contributed by atoms with van der Waals surface area (Å²) in [5.74, 6) is 4.83. The van der Waals surface area contributed by atoms with E-state index in [2.05, 4.69) is 27.0 Å². The summed E-state index contributed by atoms with van der Waals surface area (Å²) in [5.41, 5.74) is 0.127. The molecule has 0 aliphatic heterocycles. The molecule has 0 radical (unpaired) electrons. The molecule has 168 valence electrons. The summed E-state index contributed by atoms with van der Waals surface area (Å²) < 4.78 is 59.4. The van der Waals surface area contributed by atoms with Crippen LogP contribution in [0.15, 0.2) is 36.4 Å². The van der Waals surface area contributed by atoms with E-state index in [1.165, 1.54) is 34.7 Å². The van der Waals surface area contributed by atoms with Crippen LogP contribution in [0.25, 0.3) is 16.7 Å². The topological polar surface area (TPSA) is 46.3 Å². The molecule has 1 saturated carbocycles. The second-order valence-corrected chi connectivity index (χ2v) is 8.40. The lowest BCUT2D eigenvalue weighted by atomic mass is 10.1. The molecule has 33 heavy (non-hydrogen) atoms. The molecule has 5 rings (SSSR count). The molecule has 1 aliphatic rings. The van der Waals surface area contributed by atoms with E-state index >= 15 is 8.78 Å². The maximum absolute atomic E-state index is 15.5. The molecule has 4 aromatic rings. The van der Waals surface area contributed by atoms with Crippen LogP contribution in [0.3, 0.4) is 0 Å². The molecule has 1 fully saturated rings. The van der Waals surface area contributed by atoms with E-state index in [1.54, 1.807) is 13.0 Å². The standard InChI is InChI=1S/C24H19F4N5/c1-14-30-31-23-29-22(20-16(25)6-4-7-17(20)33(14)23)32(13-19(26)27)18-8-3-5-15(21(18)28)9-10-24(2)11-12-24/h3-8,19H,11-13H2,1-2H3. The van der Waals surface area contributed by atoms with Gasteiger partial charge < -0.3 is 4.90 Å². The van der Waals surface area contributed by atoms with E-state index in [4.69, 9.17) is 0 Å². The van der Waals surface area contributed by atoms with E-state index in [-0.39, 0.29) is 33.6 Å². The zero-order valence-electron chi connectivity index (χ0n) is 17.9. The normalized spacial score (nSPS) is 14.5. The molecule has 0 N–H and O–H groups in total. The molecule has 9 heteroatoms. The van der Waals surface area contributed by atoms with Crippen LogP contribution in [-0.2, 0) is 0 Å². The number of aromatic nitrogens is 4. The lowest BCUT2D eigenvalue weighted by Crippen LogP contribution is -2.26. The number of fused-ring (bicyclic) bond motifs is 3. The van der Waals surface area contributed by atoms with Gasteiger partial charge in [0.25, 0.3) is 12.2 Å². The van der Waals surface area contributed by atoms with Crippen molar-refractivity contribution in [3.8, 4) is 11.8 Å². The van der Waals surface area contributed by atoms with Crippen LogP contribution >= 0.6 is 0 Å². The van der Waals surface area contributed by atoms with Gasteiger partial charge in [-0.1, -0.05) is 24.0 Å². The highest BCUT2D eigenvalue weighted by atomic mass is 19.3. The van der Waals surface area contributed by atoms with Gasteiger partial charge in [-0.15, -0.1) is 10.2 Å². The van der Waals surface area contributed by atoms with Crippen LogP contribution in [0.5, 0.6) is 0 Å². The van der Waals surface area contributed by atoms with Crippen LogP contribution < -0.4 is 4.90 Å². The first-order chi connectivity index (χ1) is 15.8. The van der Waals surface area contributed by atoms with Crippen molar-refractivity contribution >= 4 is 28.2 Å². The van der Waals surface area contributed by atoms with Crippen molar-refractivity contribution in [1.82, 2.24) is 19.6 Å². The molecule has 0 saturated heterocycles. The zero-order valence-corrected chi connectivity index (χ0v) is 17.9. The first kappa shape index (κ1) is 21.2. The zero-order chi connectivity index (χ0) is 23.3. The summed E-state index contributed by atoms with van der Waals surface area (Å²) in [4.78, 5) is 5.31. The van der Waals surface area contributed by atoms with Crippen LogP contribution in [0.1, 0.15) is 31.2 Å². The van der Waals surface area contributed by atoms with Gasteiger partial charge in [-0.05, 0) is 51.0 Å². The summed E-state index contributed by atoms with van der Waals surface area (Å²) >= 11 is 0. The molecule has 5 nitrogen and oxygen atoms in total. The minimum atomic E-state index is -2.84. The molecule has 0 amide bonds. The minimum absolute atomic E-state index is 0.0325. The Morgan fingerprint density at radius 1 is 1.12 bits per heavy atom. The fourth-order valence-corrected chi connectivity index (χ4v) is 3.76. The lowest BCUT2D eigenvalue weighted by molar-refractivity contribution is 0.157. The monoisotopic (exact) mass is 453 g/mol. The minimum Gasteiger partial charge on any atom is -0.317 e. The summed E-state index contributed by atoms with van der Waals surface area (Å²) in [6, 6.07) is 8.70. The average Bonchev–Trinajstić information content (AvgIpc) is 3.40. The number of rotatable bonds is 4. The maximum Gasteiger partial charge on any atom is 0.257 e. The Balaban J connectivity index is 1.75. The van der Waals surface area contributed by atoms with Crippen molar-refractivity contribution in [3.63, 3.8) is 0 Å². The van der Waals surface area contributed by atoms with E-state index in [9.17, 15) is 8.78 Å². The Morgan fingerprint density at radius 2 is 1.88 bits per heavy atom. The first-order valence-corrected chi connectivity index (χ1v) is 10.4. The number of hydrogen-bond acceptors (Lipinski definition) is 4. The van der Waals surface area contributed by atoms with Crippen LogP contribution in [-0.4, -0.2) is 32.6 Å². The molecule has 0 atom stereocenters. The fraction of sp³-hybridized carbons (Fsp3) is 0.292. The van der Waals surface area contributed by atoms with Gasteiger partial charge in [0.1, 0.15) is 17.5 Å². The van der Waals surface area contributed by atoms with E-state index in [1.807, 2.05) is 6.92 Å². The number of nitrogens with zero attached hydrogens (tertiary/aromatic N) is 5. The van der Waals surface area contributed by atoms with Gasteiger partial charge in [0, 0.05) is 5.41 Å². The summed E-state index contributed by atoms with van der Waals surface area (Å²) in [5, 5.41) is 7.90. The number of anilines is 2. The fourth-order valence-electron chi connectivity index (χ4n) is 3.76. The van der Waals surface area contributed by atoms with Crippen LogP contribution in [0.2, 0.25) is 0 Å². The number of benzene rings is 2. The number of aryl methyl sites for hydroxylation is 1. The summed E-state index contributed by atoms with van der Waals surface area (Å²) in [7, 11) is 0. The predicted octanol–water partition coefficient (Wildman–Crippen LogP) is 5.42. The van der Waals surface area contributed by atoms with Crippen molar-refractivity contribution in [1.29, 1.82) is 0 Å². The van der Waals surface area contributed by atoms with E-state index in [0.717, 1.165) is 17.7 Å². The van der Waals surface area contributed by atoms with Gasteiger partial charge in [-0.2, -0.15) is 4.98 Å². The third-order valence-electron chi connectivity index (χ3n) is 5.81. The summed E-state index contributed by atoms with van der Waals surface area (Å²) in [6.07, 6.45) is -0.971. The third-order valence-corrected chi connectivity index (χ3v) is 5.81. The molecule has 1 aliphatic carbocycles. The van der Waals surface area contributed by atoms with Crippen molar-refractivity contribution in [2.75, 3.05) is 11.4 Å². The molecule has 0 bridgehead atoms. The molecule has 2 heterocycles. The third kappa shape index (κ3) is 3.75. The Kier molecular flexibility index (Phi) is 4.96. The van der Waals surface area contributed by atoms with Crippen molar-refractivity contribution in [3.05, 3.63) is 59.4 Å². The number of halogens is 4. The maximum atomic E-state index is 15.5. The number of hydrogen-bond donors (Lipinski definition) is 0. The largest absolute Gasteiger partial charge is 0.317 e.